The SMILES string of the molecule is CCOc1ccc(N[C@H]2O[C@H](CO)[C@@H](O)[C@H](O)[C@@H]2O)c([N+](=O)[O-])c1. The molecule has 10 nitrogen and oxygen atoms in total. The van der Waals surface area contributed by atoms with Crippen LogP contribution in [-0.4, -0.2) is 69.2 Å². The van der Waals surface area contributed by atoms with Crippen molar-refractivity contribution in [3.63, 3.8) is 0 Å². The van der Waals surface area contributed by atoms with Crippen LogP contribution in [0.5, 0.6) is 5.75 Å². The van der Waals surface area contributed by atoms with Crippen molar-refractivity contribution in [3.05, 3.63) is 28.3 Å². The third-order valence-corrected chi connectivity index (χ3v) is 3.67. The van der Waals surface area contributed by atoms with Gasteiger partial charge in [-0.1, -0.05) is 0 Å². The molecule has 1 heterocycles. The minimum atomic E-state index is -1.57. The molecule has 0 amide bonds. The number of benzene rings is 1. The van der Waals surface area contributed by atoms with Crippen molar-refractivity contribution in [2.45, 2.75) is 37.6 Å². The van der Waals surface area contributed by atoms with E-state index in [-0.39, 0.29) is 11.4 Å². The van der Waals surface area contributed by atoms with Gasteiger partial charge in [-0.25, -0.2) is 0 Å². The third kappa shape index (κ3) is 3.74. The maximum atomic E-state index is 11.2. The number of hydrogen-bond acceptors (Lipinski definition) is 9. The van der Waals surface area contributed by atoms with Crippen molar-refractivity contribution in [2.24, 2.45) is 0 Å². The van der Waals surface area contributed by atoms with Gasteiger partial charge in [0.1, 0.15) is 35.9 Å². The predicted molar refractivity (Wildman–Crippen MR) is 81.7 cm³/mol. The number of ether oxygens (including phenoxy) is 2. The van der Waals surface area contributed by atoms with Crippen molar-refractivity contribution in [3.8, 4) is 5.75 Å². The summed E-state index contributed by atoms with van der Waals surface area (Å²) in [5.41, 5.74) is -0.273. The standard InChI is InChI=1S/C14H20N2O8/c1-2-23-7-3-4-8(9(5-7)16(21)22)15-14-13(20)12(19)11(18)10(6-17)24-14/h3-5,10-15,17-20H,2,6H2,1H3/t10-,11-,12+,13+,14+/m1/s1. The van der Waals surface area contributed by atoms with Gasteiger partial charge in [-0.3, -0.25) is 10.1 Å². The Hall–Kier alpha value is -1.98. The number of aliphatic hydroxyl groups is 4. The molecular formula is C14H20N2O8. The number of nitro groups is 1. The summed E-state index contributed by atoms with van der Waals surface area (Å²) < 4.78 is 10.5. The lowest BCUT2D eigenvalue weighted by molar-refractivity contribution is -0.384. The van der Waals surface area contributed by atoms with Crippen molar-refractivity contribution < 1.29 is 34.8 Å². The van der Waals surface area contributed by atoms with Crippen molar-refractivity contribution in [1.29, 1.82) is 0 Å². The number of anilines is 1. The van der Waals surface area contributed by atoms with E-state index in [1.807, 2.05) is 0 Å². The molecule has 1 aliphatic rings. The molecule has 1 aliphatic heterocycles. The van der Waals surface area contributed by atoms with E-state index in [4.69, 9.17) is 14.6 Å². The van der Waals surface area contributed by atoms with Crippen LogP contribution in [0.1, 0.15) is 6.92 Å². The maximum absolute atomic E-state index is 11.2. The van der Waals surface area contributed by atoms with E-state index >= 15 is 0 Å². The second kappa shape index (κ2) is 7.73. The first kappa shape index (κ1) is 18.4. The monoisotopic (exact) mass is 344 g/mol. The number of aliphatic hydroxyl groups excluding tert-OH is 4. The van der Waals surface area contributed by atoms with Crippen LogP contribution in [0.4, 0.5) is 11.4 Å². The molecule has 5 N–H and O–H groups in total. The lowest BCUT2D eigenvalue weighted by Crippen LogP contribution is -2.60. The summed E-state index contributed by atoms with van der Waals surface area (Å²) >= 11 is 0. The van der Waals surface area contributed by atoms with E-state index < -0.39 is 42.2 Å². The fourth-order valence-corrected chi connectivity index (χ4v) is 2.42. The van der Waals surface area contributed by atoms with E-state index in [0.29, 0.717) is 12.4 Å². The second-order valence-corrected chi connectivity index (χ2v) is 5.26. The second-order valence-electron chi connectivity index (χ2n) is 5.26. The van der Waals surface area contributed by atoms with Gasteiger partial charge in [0, 0.05) is 0 Å². The summed E-state index contributed by atoms with van der Waals surface area (Å²) in [6, 6.07) is 4.10. The van der Waals surface area contributed by atoms with Gasteiger partial charge in [0.2, 0.25) is 0 Å². The van der Waals surface area contributed by atoms with Gasteiger partial charge < -0.3 is 35.2 Å². The Balaban J connectivity index is 2.24. The highest BCUT2D eigenvalue weighted by molar-refractivity contribution is 5.64. The molecule has 0 bridgehead atoms. The van der Waals surface area contributed by atoms with E-state index in [9.17, 15) is 25.4 Å². The summed E-state index contributed by atoms with van der Waals surface area (Å²) in [5.74, 6) is 0.309. The molecular weight excluding hydrogens is 324 g/mol. The van der Waals surface area contributed by atoms with Crippen molar-refractivity contribution in [1.82, 2.24) is 0 Å². The Morgan fingerprint density at radius 3 is 2.58 bits per heavy atom. The number of nitro benzene ring substituents is 1. The average Bonchev–Trinajstić information content (AvgIpc) is 2.56. The van der Waals surface area contributed by atoms with Crippen LogP contribution in [0.2, 0.25) is 0 Å². The topological polar surface area (TPSA) is 155 Å². The highest BCUT2D eigenvalue weighted by atomic mass is 16.6. The highest BCUT2D eigenvalue weighted by Gasteiger charge is 2.43. The Kier molecular flexibility index (Phi) is 5.91. The Morgan fingerprint density at radius 1 is 1.29 bits per heavy atom. The summed E-state index contributed by atoms with van der Waals surface area (Å²) in [7, 11) is 0. The largest absolute Gasteiger partial charge is 0.494 e. The first-order valence-electron chi connectivity index (χ1n) is 7.37. The van der Waals surface area contributed by atoms with Crippen LogP contribution in [0.25, 0.3) is 0 Å². The summed E-state index contributed by atoms with van der Waals surface area (Å²) in [4.78, 5) is 10.6. The van der Waals surface area contributed by atoms with Crippen molar-refractivity contribution in [2.75, 3.05) is 18.5 Å². The van der Waals surface area contributed by atoms with Gasteiger partial charge in [0.05, 0.1) is 24.2 Å². The maximum Gasteiger partial charge on any atom is 0.296 e. The smallest absolute Gasteiger partial charge is 0.296 e. The molecule has 1 aromatic rings. The molecule has 5 atom stereocenters. The van der Waals surface area contributed by atoms with Gasteiger partial charge in [-0.15, -0.1) is 0 Å². The summed E-state index contributed by atoms with van der Waals surface area (Å²) in [6.07, 6.45) is -6.98. The van der Waals surface area contributed by atoms with Gasteiger partial charge in [0.25, 0.3) is 5.69 Å². The fraction of sp³-hybridized carbons (Fsp3) is 0.571. The Labute approximate surface area is 137 Å². The van der Waals surface area contributed by atoms with Gasteiger partial charge in [-0.2, -0.15) is 0 Å². The molecule has 10 heteroatoms. The third-order valence-electron chi connectivity index (χ3n) is 3.67. The van der Waals surface area contributed by atoms with Crippen molar-refractivity contribution >= 4 is 11.4 Å². The van der Waals surface area contributed by atoms with E-state index in [2.05, 4.69) is 5.32 Å². The molecule has 1 fully saturated rings. The first-order chi connectivity index (χ1) is 11.4. The van der Waals surface area contributed by atoms with Gasteiger partial charge in [-0.05, 0) is 19.1 Å². The average molecular weight is 344 g/mol. The van der Waals surface area contributed by atoms with Crippen LogP contribution in [-0.2, 0) is 4.74 Å². The summed E-state index contributed by atoms with van der Waals surface area (Å²) in [6.45, 7) is 1.50. The normalized spacial score (nSPS) is 30.0. The molecule has 0 aliphatic carbocycles. The zero-order valence-electron chi connectivity index (χ0n) is 12.9. The van der Waals surface area contributed by atoms with E-state index in [0.717, 1.165) is 0 Å². The fourth-order valence-electron chi connectivity index (χ4n) is 2.42. The van der Waals surface area contributed by atoms with Crippen LogP contribution in [0, 0.1) is 10.1 Å². The van der Waals surface area contributed by atoms with Crippen LogP contribution in [0.3, 0.4) is 0 Å². The van der Waals surface area contributed by atoms with Crippen LogP contribution < -0.4 is 10.1 Å². The minimum absolute atomic E-state index is 0.0350. The molecule has 0 unspecified atom stereocenters. The minimum Gasteiger partial charge on any atom is -0.494 e. The predicted octanol–water partition coefficient (Wildman–Crippen LogP) is -0.795. The van der Waals surface area contributed by atoms with Gasteiger partial charge >= 0.3 is 0 Å². The number of rotatable bonds is 6. The summed E-state index contributed by atoms with van der Waals surface area (Å²) in [5, 5.41) is 52.4. The molecule has 0 spiro atoms. The lowest BCUT2D eigenvalue weighted by atomic mass is 9.98. The molecule has 0 radical (unpaired) electrons. The number of nitrogens with zero attached hydrogens (tertiary/aromatic N) is 1. The van der Waals surface area contributed by atoms with Crippen LogP contribution >= 0.6 is 0 Å². The molecule has 1 aromatic carbocycles. The molecule has 0 aromatic heterocycles. The highest BCUT2D eigenvalue weighted by Crippen LogP contribution is 2.31. The lowest BCUT2D eigenvalue weighted by Gasteiger charge is -2.40. The molecule has 1 saturated heterocycles. The first-order valence-corrected chi connectivity index (χ1v) is 7.37. The zero-order chi connectivity index (χ0) is 17.9. The number of nitrogens with one attached hydrogen (secondary N) is 1. The van der Waals surface area contributed by atoms with Gasteiger partial charge in [0.15, 0.2) is 6.23 Å². The molecule has 24 heavy (non-hydrogen) atoms. The quantitative estimate of drug-likeness (QED) is 0.329. The van der Waals surface area contributed by atoms with Crippen LogP contribution in [0.15, 0.2) is 18.2 Å². The zero-order valence-corrected chi connectivity index (χ0v) is 12.9. The van der Waals surface area contributed by atoms with E-state index in [1.165, 1.54) is 18.2 Å². The molecule has 134 valence electrons. The molecule has 0 saturated carbocycles. The Bertz CT molecular complexity index is 582. The Morgan fingerprint density at radius 2 is 2.00 bits per heavy atom. The molecule has 2 rings (SSSR count). The van der Waals surface area contributed by atoms with E-state index in [1.54, 1.807) is 6.92 Å². The number of hydrogen-bond donors (Lipinski definition) is 5.